The lowest BCUT2D eigenvalue weighted by molar-refractivity contribution is -0.145. The molecule has 0 fully saturated rings. The van der Waals surface area contributed by atoms with Crippen molar-refractivity contribution >= 4 is 34.6 Å². The third-order valence-electron chi connectivity index (χ3n) is 6.36. The van der Waals surface area contributed by atoms with E-state index in [9.17, 15) is 29.4 Å². The van der Waals surface area contributed by atoms with E-state index in [-0.39, 0.29) is 18.8 Å². The number of nitrogens with two attached hydrogens (primary N) is 1. The molecule has 0 saturated carbocycles. The molecule has 13 heteroatoms. The number of carbonyl (C=O) groups is 4. The van der Waals surface area contributed by atoms with Crippen LogP contribution in [0.1, 0.15) is 32.0 Å². The molecule has 3 rings (SSSR count). The molecular weight excluding hydrogens is 506 g/mol. The van der Waals surface area contributed by atoms with E-state index in [1.807, 2.05) is 24.3 Å². The number of aliphatic hydroxyl groups excluding tert-OH is 1. The molecule has 0 aliphatic carbocycles. The number of aliphatic carboxylic acids is 1. The third-order valence-corrected chi connectivity index (χ3v) is 6.36. The van der Waals surface area contributed by atoms with Crippen LogP contribution in [0.25, 0.3) is 10.9 Å². The minimum absolute atomic E-state index is 0.0197. The summed E-state index contributed by atoms with van der Waals surface area (Å²) in [5.41, 5.74) is 8.21. The highest BCUT2D eigenvalue weighted by molar-refractivity contribution is 5.95. The van der Waals surface area contributed by atoms with Crippen LogP contribution >= 0.6 is 0 Å². The number of nitrogens with one attached hydrogen (secondary N) is 5. The topological polar surface area (TPSA) is 215 Å². The zero-order valence-electron chi connectivity index (χ0n) is 22.0. The van der Waals surface area contributed by atoms with Crippen LogP contribution in [0.4, 0.5) is 0 Å². The second kappa shape index (κ2) is 13.0. The van der Waals surface area contributed by atoms with Gasteiger partial charge in [-0.15, -0.1) is 0 Å². The van der Waals surface area contributed by atoms with Gasteiger partial charge in [-0.05, 0) is 24.5 Å². The number of carboxylic acids is 1. The summed E-state index contributed by atoms with van der Waals surface area (Å²) in [4.78, 5) is 60.8. The summed E-state index contributed by atoms with van der Waals surface area (Å²) in [6, 6.07) is 2.61. The number of benzene rings is 1. The molecule has 5 unspecified atom stereocenters. The van der Waals surface area contributed by atoms with Crippen molar-refractivity contribution in [1.29, 1.82) is 0 Å². The molecule has 0 aliphatic heterocycles. The predicted molar refractivity (Wildman–Crippen MR) is 142 cm³/mol. The smallest absolute Gasteiger partial charge is 0.328 e. The molecule has 39 heavy (non-hydrogen) atoms. The normalized spacial score (nSPS) is 15.2. The Morgan fingerprint density at radius 1 is 0.949 bits per heavy atom. The Morgan fingerprint density at radius 3 is 2.26 bits per heavy atom. The molecule has 0 aliphatic rings. The summed E-state index contributed by atoms with van der Waals surface area (Å²) < 4.78 is 0. The molecule has 2 aromatic heterocycles. The fraction of sp³-hybridized carbons (Fsp3) is 0.423. The number of rotatable bonds is 13. The number of hydrogen-bond donors (Lipinski definition) is 8. The second-order valence-corrected chi connectivity index (χ2v) is 9.81. The lowest BCUT2D eigenvalue weighted by Crippen LogP contribution is -2.59. The largest absolute Gasteiger partial charge is 0.480 e. The number of aromatic amines is 2. The maximum atomic E-state index is 13.4. The zero-order valence-corrected chi connectivity index (χ0v) is 22.0. The van der Waals surface area contributed by atoms with E-state index in [1.165, 1.54) is 13.3 Å². The quantitative estimate of drug-likeness (QED) is 0.142. The molecular formula is C26H35N7O6. The van der Waals surface area contributed by atoms with Crippen LogP contribution in [0.3, 0.4) is 0 Å². The zero-order chi connectivity index (χ0) is 28.7. The van der Waals surface area contributed by atoms with Gasteiger partial charge in [0.15, 0.2) is 6.04 Å². The van der Waals surface area contributed by atoms with Gasteiger partial charge in [0, 0.05) is 41.8 Å². The van der Waals surface area contributed by atoms with E-state index in [1.54, 1.807) is 26.2 Å². The van der Waals surface area contributed by atoms with Gasteiger partial charge in [-0.1, -0.05) is 32.0 Å². The number of para-hydroxylation sites is 1. The van der Waals surface area contributed by atoms with E-state index in [2.05, 4.69) is 30.9 Å². The molecule has 0 saturated heterocycles. The molecule has 1 aromatic carbocycles. The fourth-order valence-electron chi connectivity index (χ4n) is 4.15. The Bertz CT molecular complexity index is 1290. The lowest BCUT2D eigenvalue weighted by Gasteiger charge is -2.27. The van der Waals surface area contributed by atoms with Crippen molar-refractivity contribution in [3.8, 4) is 0 Å². The van der Waals surface area contributed by atoms with E-state index in [0.717, 1.165) is 10.9 Å². The van der Waals surface area contributed by atoms with Gasteiger partial charge in [0.2, 0.25) is 17.7 Å². The van der Waals surface area contributed by atoms with E-state index in [0.29, 0.717) is 11.3 Å². The Morgan fingerprint density at radius 2 is 1.64 bits per heavy atom. The standard InChI is InChI=1S/C26H35N7O6/c1-13(2)21(32-23(35)18(27)9-16-11-28-12-30-16)25(37)31-20(24(36)33-22(14(3)34)26(38)39)8-15-10-29-19-7-5-4-6-17(15)19/h4-7,10-14,18,20-22,29,34H,8-9,27H2,1-3H3,(H,28,30)(H,31,37)(H,32,35)(H,33,36)(H,38,39). The molecule has 13 nitrogen and oxygen atoms in total. The van der Waals surface area contributed by atoms with Gasteiger partial charge in [0.25, 0.3) is 0 Å². The number of nitrogens with zero attached hydrogens (tertiary/aromatic N) is 1. The van der Waals surface area contributed by atoms with Gasteiger partial charge < -0.3 is 41.9 Å². The maximum Gasteiger partial charge on any atom is 0.328 e. The molecule has 9 N–H and O–H groups in total. The molecule has 210 valence electrons. The summed E-state index contributed by atoms with van der Waals surface area (Å²) in [6.07, 6.45) is 3.54. The van der Waals surface area contributed by atoms with Crippen molar-refractivity contribution in [2.75, 3.05) is 0 Å². The number of fused-ring (bicyclic) bond motifs is 1. The highest BCUT2D eigenvalue weighted by Gasteiger charge is 2.33. The van der Waals surface area contributed by atoms with Crippen LogP contribution in [-0.4, -0.2) is 79.1 Å². The first-order valence-corrected chi connectivity index (χ1v) is 12.6. The number of H-pyrrole nitrogens is 2. The third kappa shape index (κ3) is 7.65. The van der Waals surface area contributed by atoms with Crippen LogP contribution in [0.5, 0.6) is 0 Å². The summed E-state index contributed by atoms with van der Waals surface area (Å²) in [7, 11) is 0. The van der Waals surface area contributed by atoms with Crippen LogP contribution in [0, 0.1) is 5.92 Å². The number of carbonyl (C=O) groups excluding carboxylic acids is 3. The maximum absolute atomic E-state index is 13.4. The van der Waals surface area contributed by atoms with Crippen molar-refractivity contribution in [2.45, 2.75) is 63.9 Å². The van der Waals surface area contributed by atoms with Crippen molar-refractivity contribution in [1.82, 2.24) is 30.9 Å². The summed E-state index contributed by atoms with van der Waals surface area (Å²) in [6.45, 7) is 4.70. The van der Waals surface area contributed by atoms with Crippen LogP contribution in [0.2, 0.25) is 0 Å². The summed E-state index contributed by atoms with van der Waals surface area (Å²) >= 11 is 0. The molecule has 2 heterocycles. The monoisotopic (exact) mass is 541 g/mol. The van der Waals surface area contributed by atoms with E-state index in [4.69, 9.17) is 5.73 Å². The molecule has 0 spiro atoms. The highest BCUT2D eigenvalue weighted by atomic mass is 16.4. The average molecular weight is 542 g/mol. The van der Waals surface area contributed by atoms with Crippen LogP contribution in [-0.2, 0) is 32.0 Å². The second-order valence-electron chi connectivity index (χ2n) is 9.81. The van der Waals surface area contributed by atoms with Crippen LogP contribution < -0.4 is 21.7 Å². The minimum Gasteiger partial charge on any atom is -0.480 e. The molecule has 3 aromatic rings. The van der Waals surface area contributed by atoms with E-state index >= 15 is 0 Å². The van der Waals surface area contributed by atoms with Gasteiger partial charge >= 0.3 is 5.97 Å². The van der Waals surface area contributed by atoms with Gasteiger partial charge in [-0.2, -0.15) is 0 Å². The Hall–Kier alpha value is -4.23. The fourth-order valence-corrected chi connectivity index (χ4v) is 4.15. The average Bonchev–Trinajstić information content (AvgIpc) is 3.54. The molecule has 3 amide bonds. The number of aromatic nitrogens is 3. The minimum atomic E-state index is -1.58. The molecule has 5 atom stereocenters. The summed E-state index contributed by atoms with van der Waals surface area (Å²) in [5, 5.41) is 27.7. The van der Waals surface area contributed by atoms with Crippen molar-refractivity contribution in [3.05, 3.63) is 54.2 Å². The van der Waals surface area contributed by atoms with Crippen molar-refractivity contribution in [2.24, 2.45) is 11.7 Å². The Labute approximate surface area is 225 Å². The van der Waals surface area contributed by atoms with E-state index < -0.39 is 54.0 Å². The number of carboxylic acid groups (broad SMARTS) is 1. The van der Waals surface area contributed by atoms with Crippen molar-refractivity contribution < 1.29 is 29.4 Å². The number of imidazole rings is 1. The van der Waals surface area contributed by atoms with Crippen molar-refractivity contribution in [3.63, 3.8) is 0 Å². The van der Waals surface area contributed by atoms with Gasteiger partial charge in [0.1, 0.15) is 12.1 Å². The first-order valence-electron chi connectivity index (χ1n) is 12.6. The van der Waals surface area contributed by atoms with Gasteiger partial charge in [-0.25, -0.2) is 9.78 Å². The molecule has 0 bridgehead atoms. The lowest BCUT2D eigenvalue weighted by atomic mass is 9.99. The first kappa shape index (κ1) is 29.3. The Balaban J connectivity index is 1.80. The summed E-state index contributed by atoms with van der Waals surface area (Å²) in [5.74, 6) is -3.79. The van der Waals surface area contributed by atoms with Gasteiger partial charge in [0.05, 0.1) is 18.5 Å². The SMILES string of the molecule is CC(C)C(NC(=O)C(N)Cc1cnc[nH]1)C(=O)NC(Cc1c[nH]c2ccccc12)C(=O)NC(C(=O)O)C(C)O. The predicted octanol–water partition coefficient (Wildman–Crippen LogP) is -0.421. The number of aliphatic hydroxyl groups is 1. The first-order chi connectivity index (χ1) is 18.5. The molecule has 0 radical (unpaired) electrons. The number of hydrogen-bond acceptors (Lipinski definition) is 7. The van der Waals surface area contributed by atoms with Gasteiger partial charge in [-0.3, -0.25) is 14.4 Å². The highest BCUT2D eigenvalue weighted by Crippen LogP contribution is 2.19. The number of amides is 3. The van der Waals surface area contributed by atoms with Crippen LogP contribution in [0.15, 0.2) is 43.0 Å². The Kier molecular flexibility index (Phi) is 9.79.